The minimum atomic E-state index is -4.58. The first-order chi connectivity index (χ1) is 15.9. The Labute approximate surface area is 210 Å². The molecular formula is C24H33ClNO6PS. The van der Waals surface area contributed by atoms with Gasteiger partial charge >= 0.3 is 211 Å². The molecule has 0 radical (unpaired) electrons. The summed E-state index contributed by atoms with van der Waals surface area (Å²) in [6.45, 7) is 5.39. The van der Waals surface area contributed by atoms with Crippen LogP contribution in [0, 0.1) is 0 Å². The Hall–Kier alpha value is -1.38. The van der Waals surface area contributed by atoms with Gasteiger partial charge in [0, 0.05) is 0 Å². The summed E-state index contributed by atoms with van der Waals surface area (Å²) < 4.78 is 27.6. The van der Waals surface area contributed by atoms with Gasteiger partial charge in [0.2, 0.25) is 0 Å². The van der Waals surface area contributed by atoms with E-state index >= 15 is 0 Å². The number of halogens is 1. The summed E-state index contributed by atoms with van der Waals surface area (Å²) in [5, 5.41) is 0.510. The molecule has 0 unspecified atom stereocenters. The van der Waals surface area contributed by atoms with Gasteiger partial charge in [-0.15, -0.1) is 0 Å². The molecule has 2 aromatic rings. The molecule has 0 aromatic heterocycles. The van der Waals surface area contributed by atoms with Gasteiger partial charge in [-0.25, -0.2) is 0 Å². The van der Waals surface area contributed by atoms with Gasteiger partial charge in [-0.3, -0.25) is 0 Å². The molecule has 2 N–H and O–H groups in total. The molecule has 0 saturated heterocycles. The number of methoxy groups -OCH3 is 1. The fourth-order valence-electron chi connectivity index (χ4n) is 3.41. The maximum atomic E-state index is 13.2. The van der Waals surface area contributed by atoms with Crippen molar-refractivity contribution in [1.29, 1.82) is 0 Å². The fourth-order valence-corrected chi connectivity index (χ4v) is 7.43. The van der Waals surface area contributed by atoms with E-state index in [1.54, 1.807) is 40.0 Å². The molecule has 1 saturated carbocycles. The zero-order valence-electron chi connectivity index (χ0n) is 20.4. The maximum absolute atomic E-state index is 13.2. The van der Waals surface area contributed by atoms with Crippen molar-refractivity contribution in [2.24, 2.45) is 5.50 Å². The van der Waals surface area contributed by atoms with E-state index in [0.29, 0.717) is 5.92 Å². The average Bonchev–Trinajstić information content (AvgIpc) is 3.62. The monoisotopic (exact) mass is 529 g/mol. The molecule has 0 bridgehead atoms. The van der Waals surface area contributed by atoms with Crippen LogP contribution in [0.4, 0.5) is 4.79 Å². The van der Waals surface area contributed by atoms with Gasteiger partial charge in [-0.2, -0.15) is 0 Å². The van der Waals surface area contributed by atoms with Crippen molar-refractivity contribution < 1.29 is 28.1 Å². The Kier molecular flexibility index (Phi) is 8.25. The summed E-state index contributed by atoms with van der Waals surface area (Å²) in [6, 6.07) is 11.4. The van der Waals surface area contributed by atoms with Gasteiger partial charge in [0.15, 0.2) is 0 Å². The first kappa shape index (κ1) is 27.2. The van der Waals surface area contributed by atoms with E-state index in [2.05, 4.69) is 12.1 Å². The Bertz CT molecular complexity index is 1050. The van der Waals surface area contributed by atoms with Crippen LogP contribution in [0.5, 0.6) is 5.75 Å². The Morgan fingerprint density at radius 2 is 1.79 bits per heavy atom. The molecular weight excluding hydrogens is 497 g/mol. The molecule has 0 aliphatic heterocycles. The third-order valence-corrected chi connectivity index (χ3v) is 10.4. The van der Waals surface area contributed by atoms with E-state index in [1.807, 2.05) is 12.1 Å². The van der Waals surface area contributed by atoms with Crippen molar-refractivity contribution in [1.82, 2.24) is 0 Å². The predicted octanol–water partition coefficient (Wildman–Crippen LogP) is 6.46. The number of carbonyl (C=O) groups excluding carboxylic acids is 1. The van der Waals surface area contributed by atoms with E-state index < -0.39 is 18.5 Å². The first-order valence-electron chi connectivity index (χ1n) is 10.9. The second kappa shape index (κ2) is 10.3. The molecule has 10 heteroatoms. The number of carbonyl (C=O) groups is 1. The summed E-state index contributed by atoms with van der Waals surface area (Å²) in [5.41, 5.74) is 6.34. The number of hydrogen-bond acceptors (Lipinski definition) is 8. The quantitative estimate of drug-likeness (QED) is 0.277. The molecule has 0 atom stereocenters. The summed E-state index contributed by atoms with van der Waals surface area (Å²) >= 11 is 8.18. The van der Waals surface area contributed by atoms with Crippen LogP contribution in [0.2, 0.25) is 5.02 Å². The number of hydrogen-bond donors (Lipinski definition) is 1. The van der Waals surface area contributed by atoms with Crippen molar-refractivity contribution in [2.75, 3.05) is 28.1 Å². The fraction of sp³-hybridized carbons (Fsp3) is 0.458. The normalized spacial score (nSPS) is 15.5. The van der Waals surface area contributed by atoms with Crippen LogP contribution in [0.3, 0.4) is 0 Å². The molecule has 7 nitrogen and oxygen atoms in total. The SMILES string of the molecule is COCOc1ccc(C2CC2)cc1Sc1ccc(P(N)(OC)(OC)C(=O)OC(C)(C)C)c(Cl)c1. The van der Waals surface area contributed by atoms with Gasteiger partial charge in [-0.05, 0) is 0 Å². The summed E-state index contributed by atoms with van der Waals surface area (Å²) in [6.07, 6.45) is 2.40. The van der Waals surface area contributed by atoms with Crippen LogP contribution < -0.4 is 15.5 Å². The van der Waals surface area contributed by atoms with Crippen molar-refractivity contribution in [3.63, 3.8) is 0 Å². The van der Waals surface area contributed by atoms with E-state index in [0.717, 1.165) is 15.5 Å². The van der Waals surface area contributed by atoms with Crippen LogP contribution in [0.25, 0.3) is 0 Å². The van der Waals surface area contributed by atoms with Crippen molar-refractivity contribution in [3.8, 4) is 5.75 Å². The molecule has 3 rings (SSSR count). The summed E-state index contributed by atoms with van der Waals surface area (Å²) in [4.78, 5) is 15.0. The first-order valence-corrected chi connectivity index (χ1v) is 14.2. The van der Waals surface area contributed by atoms with Crippen LogP contribution >= 0.6 is 30.6 Å². The van der Waals surface area contributed by atoms with E-state index in [-0.39, 0.29) is 17.1 Å². The zero-order valence-corrected chi connectivity index (χ0v) is 22.9. The molecule has 1 fully saturated rings. The van der Waals surface area contributed by atoms with Gasteiger partial charge < -0.3 is 0 Å². The van der Waals surface area contributed by atoms with E-state index in [4.69, 9.17) is 40.4 Å². The topological polar surface area (TPSA) is 89.2 Å². The summed E-state index contributed by atoms with van der Waals surface area (Å²) in [7, 11) is -0.347. The molecule has 34 heavy (non-hydrogen) atoms. The van der Waals surface area contributed by atoms with Gasteiger partial charge in [0.05, 0.1) is 0 Å². The molecule has 1 aliphatic carbocycles. The number of nitrogens with two attached hydrogens (primary N) is 1. The van der Waals surface area contributed by atoms with Gasteiger partial charge in [0.25, 0.3) is 0 Å². The molecule has 188 valence electrons. The van der Waals surface area contributed by atoms with E-state index in [9.17, 15) is 4.79 Å². The van der Waals surface area contributed by atoms with Gasteiger partial charge in [-0.1, -0.05) is 0 Å². The molecule has 1 aliphatic rings. The second-order valence-electron chi connectivity index (χ2n) is 9.11. The van der Waals surface area contributed by atoms with Crippen LogP contribution in [-0.2, 0) is 18.5 Å². The summed E-state index contributed by atoms with van der Waals surface area (Å²) in [5.74, 6) is 1.32. The predicted molar refractivity (Wildman–Crippen MR) is 137 cm³/mol. The Balaban J connectivity index is 1.97. The third-order valence-electron chi connectivity index (χ3n) is 5.42. The minimum absolute atomic E-state index is 0.148. The van der Waals surface area contributed by atoms with Crippen molar-refractivity contribution in [3.05, 3.63) is 47.0 Å². The van der Waals surface area contributed by atoms with Crippen molar-refractivity contribution >= 4 is 41.6 Å². The third kappa shape index (κ3) is 5.71. The average molecular weight is 530 g/mol. The molecule has 2 aromatic carbocycles. The molecule has 0 spiro atoms. The van der Waals surface area contributed by atoms with Crippen LogP contribution in [0.15, 0.2) is 46.2 Å². The van der Waals surface area contributed by atoms with Gasteiger partial charge in [0.1, 0.15) is 0 Å². The Morgan fingerprint density at radius 3 is 2.32 bits per heavy atom. The number of ether oxygens (including phenoxy) is 3. The number of rotatable bonds is 10. The number of benzene rings is 2. The van der Waals surface area contributed by atoms with Crippen LogP contribution in [0.1, 0.15) is 45.1 Å². The molecule has 0 heterocycles. The second-order valence-corrected chi connectivity index (χ2v) is 14.3. The van der Waals surface area contributed by atoms with Crippen LogP contribution in [-0.4, -0.2) is 39.4 Å². The standard InChI is InChI=1S/C24H33ClNO6PS/c1-24(2,3)32-23(27)33(26,29-5,30-6)21-12-10-18(14-19(21)25)34-22-13-17(16-7-8-16)9-11-20(22)31-15-28-4/h9-14,16H,7-8,15,26H2,1-6H3. The zero-order chi connectivity index (χ0) is 25.2. The molecule has 0 amide bonds. The Morgan fingerprint density at radius 1 is 1.12 bits per heavy atom. The van der Waals surface area contributed by atoms with E-state index in [1.165, 1.54) is 44.4 Å². The van der Waals surface area contributed by atoms with Crippen molar-refractivity contribution in [2.45, 2.75) is 54.9 Å².